The predicted octanol–water partition coefficient (Wildman–Crippen LogP) is 2.85. The lowest BCUT2D eigenvalue weighted by atomic mass is 9.94. The molecule has 0 aromatic carbocycles. The van der Waals surface area contributed by atoms with Gasteiger partial charge in [-0.2, -0.15) is 0 Å². The summed E-state index contributed by atoms with van der Waals surface area (Å²) in [7, 11) is 0. The Balaban J connectivity index is 0. The van der Waals surface area contributed by atoms with Crippen molar-refractivity contribution in [3.05, 3.63) is 0 Å². The van der Waals surface area contributed by atoms with Gasteiger partial charge >= 0.3 is 0 Å². The summed E-state index contributed by atoms with van der Waals surface area (Å²) >= 11 is 0. The lowest BCUT2D eigenvalue weighted by molar-refractivity contribution is -0.124. The number of carbonyl (C=O) groups excluding carboxylic acids is 1. The molecular weight excluding hydrogens is 224 g/mol. The van der Waals surface area contributed by atoms with Crippen LogP contribution in [0.4, 0.5) is 0 Å². The first-order valence-corrected chi connectivity index (χ1v) is 7.46. The number of hydrogen-bond donors (Lipinski definition) is 2. The zero-order valence-electron chi connectivity index (χ0n) is 13.5. The molecule has 1 unspecified atom stereocenters. The summed E-state index contributed by atoms with van der Waals surface area (Å²) in [5.41, 5.74) is 0. The average molecular weight is 258 g/mol. The van der Waals surface area contributed by atoms with Gasteiger partial charge in [-0.3, -0.25) is 4.79 Å². The molecule has 2 N–H and O–H groups in total. The second-order valence-corrected chi connectivity index (χ2v) is 5.05. The highest BCUT2D eigenvalue weighted by Gasteiger charge is 2.21. The first kappa shape index (κ1) is 19.9. The second-order valence-electron chi connectivity index (χ2n) is 5.05. The number of carbonyl (C=O) groups is 1. The molecule has 18 heavy (non-hydrogen) atoms. The van der Waals surface area contributed by atoms with Crippen molar-refractivity contribution < 1.29 is 4.79 Å². The van der Waals surface area contributed by atoms with E-state index >= 15 is 0 Å². The minimum atomic E-state index is 0.0265. The molecule has 0 aliphatic carbocycles. The fraction of sp³-hybridized carbons (Fsp3) is 0.933. The SMILES string of the molecule is CC.CCNCCNC(CC(C)C)C(=O)C(C)C. The lowest BCUT2D eigenvalue weighted by Crippen LogP contribution is -2.43. The van der Waals surface area contributed by atoms with Crippen LogP contribution in [0.5, 0.6) is 0 Å². The Hall–Kier alpha value is -0.410. The van der Waals surface area contributed by atoms with E-state index in [0.717, 1.165) is 26.1 Å². The molecule has 0 saturated carbocycles. The summed E-state index contributed by atoms with van der Waals surface area (Å²) in [6.07, 6.45) is 0.934. The van der Waals surface area contributed by atoms with Gasteiger partial charge in [0, 0.05) is 19.0 Å². The van der Waals surface area contributed by atoms with Crippen LogP contribution in [0.25, 0.3) is 0 Å². The van der Waals surface area contributed by atoms with E-state index in [9.17, 15) is 4.79 Å². The van der Waals surface area contributed by atoms with Gasteiger partial charge < -0.3 is 10.6 Å². The summed E-state index contributed by atoms with van der Waals surface area (Å²) in [6, 6.07) is 0.0265. The van der Waals surface area contributed by atoms with Gasteiger partial charge in [-0.15, -0.1) is 0 Å². The third-order valence-electron chi connectivity index (χ3n) is 2.56. The van der Waals surface area contributed by atoms with Crippen molar-refractivity contribution in [3.8, 4) is 0 Å². The Labute approximate surface area is 114 Å². The molecular formula is C15H34N2O. The quantitative estimate of drug-likeness (QED) is 0.625. The van der Waals surface area contributed by atoms with E-state index in [1.54, 1.807) is 0 Å². The first-order valence-electron chi connectivity index (χ1n) is 7.46. The molecule has 0 fully saturated rings. The van der Waals surface area contributed by atoms with Gasteiger partial charge in [0.1, 0.15) is 0 Å². The third kappa shape index (κ3) is 10.7. The average Bonchev–Trinajstić information content (AvgIpc) is 2.34. The number of Topliss-reactive ketones (excluding diaryl/α,β-unsaturated/α-hetero) is 1. The summed E-state index contributed by atoms with van der Waals surface area (Å²) in [4.78, 5) is 12.0. The fourth-order valence-electron chi connectivity index (χ4n) is 1.69. The van der Waals surface area contributed by atoms with Crippen LogP contribution in [-0.4, -0.2) is 31.5 Å². The molecule has 0 aromatic heterocycles. The molecule has 0 spiro atoms. The highest BCUT2D eigenvalue weighted by Crippen LogP contribution is 2.09. The van der Waals surface area contributed by atoms with Crippen LogP contribution in [0.2, 0.25) is 0 Å². The van der Waals surface area contributed by atoms with Gasteiger partial charge in [-0.1, -0.05) is 48.5 Å². The maximum Gasteiger partial charge on any atom is 0.152 e. The predicted molar refractivity (Wildman–Crippen MR) is 81.0 cm³/mol. The zero-order valence-corrected chi connectivity index (χ0v) is 13.5. The minimum Gasteiger partial charge on any atom is -0.316 e. The van der Waals surface area contributed by atoms with Gasteiger partial charge in [0.05, 0.1) is 6.04 Å². The number of ketones is 1. The van der Waals surface area contributed by atoms with Crippen LogP contribution in [-0.2, 0) is 4.79 Å². The van der Waals surface area contributed by atoms with E-state index in [2.05, 4.69) is 31.4 Å². The summed E-state index contributed by atoms with van der Waals surface area (Å²) < 4.78 is 0. The molecule has 0 amide bonds. The van der Waals surface area contributed by atoms with Crippen molar-refractivity contribution in [3.63, 3.8) is 0 Å². The van der Waals surface area contributed by atoms with E-state index in [4.69, 9.17) is 0 Å². The maximum absolute atomic E-state index is 12.0. The van der Waals surface area contributed by atoms with E-state index < -0.39 is 0 Å². The molecule has 0 rings (SSSR count). The monoisotopic (exact) mass is 258 g/mol. The fourth-order valence-corrected chi connectivity index (χ4v) is 1.69. The Morgan fingerprint density at radius 1 is 1.06 bits per heavy atom. The van der Waals surface area contributed by atoms with Gasteiger partial charge in [-0.25, -0.2) is 0 Å². The highest BCUT2D eigenvalue weighted by molar-refractivity contribution is 5.85. The lowest BCUT2D eigenvalue weighted by Gasteiger charge is -2.21. The van der Waals surface area contributed by atoms with Crippen molar-refractivity contribution in [2.75, 3.05) is 19.6 Å². The van der Waals surface area contributed by atoms with E-state index in [0.29, 0.717) is 11.7 Å². The van der Waals surface area contributed by atoms with Gasteiger partial charge in [0.2, 0.25) is 0 Å². The number of hydrogen-bond acceptors (Lipinski definition) is 3. The van der Waals surface area contributed by atoms with Gasteiger partial charge in [-0.05, 0) is 18.9 Å². The summed E-state index contributed by atoms with van der Waals surface area (Å²) in [5, 5.41) is 6.61. The van der Waals surface area contributed by atoms with Crippen molar-refractivity contribution in [1.29, 1.82) is 0 Å². The Kier molecular flexibility index (Phi) is 14.4. The van der Waals surface area contributed by atoms with Crippen molar-refractivity contribution in [2.45, 2.75) is 60.9 Å². The number of likely N-dealkylation sites (N-methyl/N-ethyl adjacent to an activating group) is 1. The number of rotatable bonds is 9. The van der Waals surface area contributed by atoms with Crippen molar-refractivity contribution >= 4 is 5.78 Å². The topological polar surface area (TPSA) is 41.1 Å². The smallest absolute Gasteiger partial charge is 0.152 e. The highest BCUT2D eigenvalue weighted by atomic mass is 16.1. The first-order chi connectivity index (χ1) is 8.49. The normalized spacial score (nSPS) is 12.3. The van der Waals surface area contributed by atoms with Crippen LogP contribution < -0.4 is 10.6 Å². The van der Waals surface area contributed by atoms with E-state index in [1.165, 1.54) is 0 Å². The van der Waals surface area contributed by atoms with Crippen molar-refractivity contribution in [2.24, 2.45) is 11.8 Å². The van der Waals surface area contributed by atoms with Crippen molar-refractivity contribution in [1.82, 2.24) is 10.6 Å². The van der Waals surface area contributed by atoms with E-state index in [-0.39, 0.29) is 12.0 Å². The molecule has 1 atom stereocenters. The summed E-state index contributed by atoms with van der Waals surface area (Å²) in [6.45, 7) is 17.1. The van der Waals surface area contributed by atoms with Crippen LogP contribution >= 0.6 is 0 Å². The largest absolute Gasteiger partial charge is 0.316 e. The second kappa shape index (κ2) is 13.0. The van der Waals surface area contributed by atoms with Crippen LogP contribution in [0.3, 0.4) is 0 Å². The van der Waals surface area contributed by atoms with Crippen LogP contribution in [0.15, 0.2) is 0 Å². The Bertz CT molecular complexity index is 191. The van der Waals surface area contributed by atoms with Crippen LogP contribution in [0, 0.1) is 11.8 Å². The molecule has 0 aromatic rings. The Morgan fingerprint density at radius 3 is 2.00 bits per heavy atom. The Morgan fingerprint density at radius 2 is 1.61 bits per heavy atom. The molecule has 0 heterocycles. The molecule has 0 aliphatic heterocycles. The third-order valence-corrected chi connectivity index (χ3v) is 2.56. The van der Waals surface area contributed by atoms with Gasteiger partial charge in [0.15, 0.2) is 5.78 Å². The minimum absolute atomic E-state index is 0.0265. The molecule has 110 valence electrons. The summed E-state index contributed by atoms with van der Waals surface area (Å²) in [5.74, 6) is 1.01. The maximum atomic E-state index is 12.0. The van der Waals surface area contributed by atoms with Crippen LogP contribution in [0.1, 0.15) is 54.9 Å². The molecule has 0 aliphatic rings. The van der Waals surface area contributed by atoms with Gasteiger partial charge in [0.25, 0.3) is 0 Å². The standard InChI is InChI=1S/C13H28N2O.C2H6/c1-6-14-7-8-15-12(9-10(2)3)13(16)11(4)5;1-2/h10-12,14-15H,6-9H2,1-5H3;1-2H3. The molecule has 3 nitrogen and oxygen atoms in total. The molecule has 0 bridgehead atoms. The zero-order chi connectivity index (χ0) is 14.6. The number of nitrogens with one attached hydrogen (secondary N) is 2. The molecule has 0 radical (unpaired) electrons. The molecule has 0 saturated heterocycles. The van der Waals surface area contributed by atoms with E-state index in [1.807, 2.05) is 27.7 Å². The molecule has 3 heteroatoms.